The van der Waals surface area contributed by atoms with E-state index in [1.165, 1.54) is 0 Å². The standard InChI is InChI=1S/C14H22N2O2/c1-10(2)15-8-7-14(17)16-12-9-11(3)5-6-13(12)18-4/h5-6,9-10,15H,7-8H2,1-4H3,(H,16,17). The Labute approximate surface area is 109 Å². The molecule has 0 bridgehead atoms. The average Bonchev–Trinajstić information content (AvgIpc) is 2.28. The Kier molecular flexibility index (Phi) is 5.65. The van der Waals surface area contributed by atoms with Crippen LogP contribution in [0.5, 0.6) is 5.75 Å². The molecule has 0 saturated carbocycles. The van der Waals surface area contributed by atoms with E-state index in [1.807, 2.05) is 25.1 Å². The molecule has 0 aromatic heterocycles. The van der Waals surface area contributed by atoms with Crippen LogP contribution >= 0.6 is 0 Å². The zero-order valence-electron chi connectivity index (χ0n) is 11.5. The Bertz CT molecular complexity index is 403. The SMILES string of the molecule is COc1ccc(C)cc1NC(=O)CCNC(C)C. The number of anilines is 1. The second-order valence-corrected chi connectivity index (χ2v) is 4.61. The fourth-order valence-corrected chi connectivity index (χ4v) is 1.61. The molecule has 1 aromatic rings. The van der Waals surface area contributed by atoms with Gasteiger partial charge in [-0.15, -0.1) is 0 Å². The van der Waals surface area contributed by atoms with E-state index in [0.29, 0.717) is 24.8 Å². The van der Waals surface area contributed by atoms with Gasteiger partial charge in [0.05, 0.1) is 12.8 Å². The van der Waals surface area contributed by atoms with E-state index in [1.54, 1.807) is 7.11 Å². The first-order valence-corrected chi connectivity index (χ1v) is 6.21. The summed E-state index contributed by atoms with van der Waals surface area (Å²) >= 11 is 0. The zero-order chi connectivity index (χ0) is 13.5. The number of carbonyl (C=O) groups is 1. The Morgan fingerprint density at radius 2 is 2.11 bits per heavy atom. The van der Waals surface area contributed by atoms with Crippen molar-refractivity contribution in [3.63, 3.8) is 0 Å². The molecular formula is C14H22N2O2. The second kappa shape index (κ2) is 7.01. The smallest absolute Gasteiger partial charge is 0.225 e. The molecule has 4 heteroatoms. The van der Waals surface area contributed by atoms with Gasteiger partial charge in [0.2, 0.25) is 5.91 Å². The van der Waals surface area contributed by atoms with Gasteiger partial charge >= 0.3 is 0 Å². The Balaban J connectivity index is 2.55. The van der Waals surface area contributed by atoms with E-state index in [2.05, 4.69) is 24.5 Å². The summed E-state index contributed by atoms with van der Waals surface area (Å²) in [7, 11) is 1.60. The van der Waals surface area contributed by atoms with E-state index in [9.17, 15) is 4.79 Å². The van der Waals surface area contributed by atoms with Gasteiger partial charge in [-0.1, -0.05) is 19.9 Å². The van der Waals surface area contributed by atoms with E-state index in [4.69, 9.17) is 4.74 Å². The van der Waals surface area contributed by atoms with Crippen molar-refractivity contribution in [3.05, 3.63) is 23.8 Å². The third kappa shape index (κ3) is 4.75. The van der Waals surface area contributed by atoms with Crippen molar-refractivity contribution in [2.45, 2.75) is 33.2 Å². The molecule has 4 nitrogen and oxygen atoms in total. The van der Waals surface area contributed by atoms with Gasteiger partial charge in [-0.05, 0) is 24.6 Å². The minimum atomic E-state index is -0.00736. The maximum Gasteiger partial charge on any atom is 0.225 e. The number of methoxy groups -OCH3 is 1. The van der Waals surface area contributed by atoms with Gasteiger partial charge < -0.3 is 15.4 Å². The van der Waals surface area contributed by atoms with Crippen LogP contribution in [0.3, 0.4) is 0 Å². The summed E-state index contributed by atoms with van der Waals surface area (Å²) in [5.74, 6) is 0.679. The summed E-state index contributed by atoms with van der Waals surface area (Å²) < 4.78 is 5.21. The van der Waals surface area contributed by atoms with Crippen LogP contribution in [0.15, 0.2) is 18.2 Å². The molecule has 0 aliphatic carbocycles. The highest BCUT2D eigenvalue weighted by atomic mass is 16.5. The Hall–Kier alpha value is -1.55. The van der Waals surface area contributed by atoms with Crippen molar-refractivity contribution in [2.75, 3.05) is 19.0 Å². The second-order valence-electron chi connectivity index (χ2n) is 4.61. The minimum Gasteiger partial charge on any atom is -0.495 e. The number of amides is 1. The van der Waals surface area contributed by atoms with Crippen molar-refractivity contribution < 1.29 is 9.53 Å². The monoisotopic (exact) mass is 250 g/mol. The van der Waals surface area contributed by atoms with Crippen LogP contribution in [0.2, 0.25) is 0 Å². The number of hydrogen-bond donors (Lipinski definition) is 2. The molecule has 1 amide bonds. The van der Waals surface area contributed by atoms with Crippen LogP contribution in [0, 0.1) is 6.92 Å². The molecule has 100 valence electrons. The van der Waals surface area contributed by atoms with Crippen molar-refractivity contribution in [1.82, 2.24) is 5.32 Å². The van der Waals surface area contributed by atoms with Crippen molar-refractivity contribution >= 4 is 11.6 Å². The van der Waals surface area contributed by atoms with Gasteiger partial charge in [0.15, 0.2) is 0 Å². The maximum atomic E-state index is 11.8. The van der Waals surface area contributed by atoms with E-state index >= 15 is 0 Å². The molecule has 0 fully saturated rings. The van der Waals surface area contributed by atoms with E-state index < -0.39 is 0 Å². The lowest BCUT2D eigenvalue weighted by molar-refractivity contribution is -0.116. The van der Waals surface area contributed by atoms with Gasteiger partial charge in [-0.3, -0.25) is 4.79 Å². The molecule has 1 aromatic carbocycles. The summed E-state index contributed by atoms with van der Waals surface area (Å²) in [5.41, 5.74) is 1.82. The molecule has 18 heavy (non-hydrogen) atoms. The quantitative estimate of drug-likeness (QED) is 0.814. The summed E-state index contributed by atoms with van der Waals surface area (Å²) in [6.07, 6.45) is 0.454. The van der Waals surface area contributed by atoms with Crippen LogP contribution in [0.25, 0.3) is 0 Å². The first-order valence-electron chi connectivity index (χ1n) is 6.21. The van der Waals surface area contributed by atoms with Crippen LogP contribution in [0.4, 0.5) is 5.69 Å². The number of ether oxygens (including phenoxy) is 1. The number of rotatable bonds is 6. The topological polar surface area (TPSA) is 50.4 Å². The number of benzene rings is 1. The molecule has 0 unspecified atom stereocenters. The number of aryl methyl sites for hydroxylation is 1. The molecular weight excluding hydrogens is 228 g/mol. The third-order valence-electron chi connectivity index (χ3n) is 2.53. The zero-order valence-corrected chi connectivity index (χ0v) is 11.5. The molecule has 0 atom stereocenters. The van der Waals surface area contributed by atoms with Crippen LogP contribution < -0.4 is 15.4 Å². The molecule has 0 radical (unpaired) electrons. The summed E-state index contributed by atoms with van der Waals surface area (Å²) in [6, 6.07) is 6.12. The highest BCUT2D eigenvalue weighted by molar-refractivity contribution is 5.92. The van der Waals surface area contributed by atoms with Gasteiger partial charge in [0, 0.05) is 19.0 Å². The predicted molar refractivity (Wildman–Crippen MR) is 74.1 cm³/mol. The predicted octanol–water partition coefficient (Wildman–Crippen LogP) is 2.33. The van der Waals surface area contributed by atoms with Crippen molar-refractivity contribution in [3.8, 4) is 5.75 Å². The third-order valence-corrected chi connectivity index (χ3v) is 2.53. The van der Waals surface area contributed by atoms with Gasteiger partial charge in [0.25, 0.3) is 0 Å². The fourth-order valence-electron chi connectivity index (χ4n) is 1.61. The summed E-state index contributed by atoms with van der Waals surface area (Å²) in [5, 5.41) is 6.08. The van der Waals surface area contributed by atoms with E-state index in [-0.39, 0.29) is 5.91 Å². The average molecular weight is 250 g/mol. The summed E-state index contributed by atoms with van der Waals surface area (Å²) in [4.78, 5) is 11.8. The Morgan fingerprint density at radius 1 is 1.39 bits per heavy atom. The molecule has 2 N–H and O–H groups in total. The van der Waals surface area contributed by atoms with Gasteiger partial charge in [-0.2, -0.15) is 0 Å². The molecule has 0 saturated heterocycles. The molecule has 0 spiro atoms. The normalized spacial score (nSPS) is 10.5. The lowest BCUT2D eigenvalue weighted by Crippen LogP contribution is -2.27. The van der Waals surface area contributed by atoms with Crippen LogP contribution in [0.1, 0.15) is 25.8 Å². The maximum absolute atomic E-state index is 11.8. The highest BCUT2D eigenvalue weighted by Crippen LogP contribution is 2.25. The van der Waals surface area contributed by atoms with Gasteiger partial charge in [-0.25, -0.2) is 0 Å². The van der Waals surface area contributed by atoms with Crippen LogP contribution in [-0.4, -0.2) is 25.6 Å². The molecule has 0 aliphatic heterocycles. The van der Waals surface area contributed by atoms with Crippen LogP contribution in [-0.2, 0) is 4.79 Å². The minimum absolute atomic E-state index is 0.00736. The lowest BCUT2D eigenvalue weighted by atomic mass is 10.2. The highest BCUT2D eigenvalue weighted by Gasteiger charge is 2.07. The number of hydrogen-bond acceptors (Lipinski definition) is 3. The molecule has 0 heterocycles. The fraction of sp³-hybridized carbons (Fsp3) is 0.500. The van der Waals surface area contributed by atoms with Crippen molar-refractivity contribution in [1.29, 1.82) is 0 Å². The lowest BCUT2D eigenvalue weighted by Gasteiger charge is -2.12. The van der Waals surface area contributed by atoms with Crippen molar-refractivity contribution in [2.24, 2.45) is 0 Å². The largest absolute Gasteiger partial charge is 0.495 e. The molecule has 0 aliphatic rings. The van der Waals surface area contributed by atoms with E-state index in [0.717, 1.165) is 11.3 Å². The first-order chi connectivity index (χ1) is 8.52. The Morgan fingerprint density at radius 3 is 2.72 bits per heavy atom. The first kappa shape index (κ1) is 14.5. The number of nitrogens with one attached hydrogen (secondary N) is 2. The number of carbonyl (C=O) groups excluding carboxylic acids is 1. The van der Waals surface area contributed by atoms with Gasteiger partial charge in [0.1, 0.15) is 5.75 Å². The summed E-state index contributed by atoms with van der Waals surface area (Å²) in [6.45, 7) is 6.77. The molecule has 1 rings (SSSR count).